The molecule has 0 saturated carbocycles. The van der Waals surface area contributed by atoms with Crippen molar-refractivity contribution in [2.75, 3.05) is 12.4 Å². The molecule has 0 radical (unpaired) electrons. The van der Waals surface area contributed by atoms with E-state index in [2.05, 4.69) is 20.8 Å². The Morgan fingerprint density at radius 3 is 2.53 bits per heavy atom. The average Bonchev–Trinajstić information content (AvgIpc) is 2.82. The Hall–Kier alpha value is -2.34. The van der Waals surface area contributed by atoms with E-state index in [1.807, 2.05) is 25.1 Å². The first-order chi connectivity index (χ1) is 16.0. The number of hydrogen-bond acceptors (Lipinski definition) is 4. The third-order valence-corrected chi connectivity index (χ3v) is 8.18. The Labute approximate surface area is 205 Å². The van der Waals surface area contributed by atoms with Crippen LogP contribution in [0.25, 0.3) is 5.57 Å². The molecule has 2 rings (SSSR count). The Morgan fingerprint density at radius 1 is 1.15 bits per heavy atom. The topological polar surface area (TPSA) is 80.7 Å². The number of ether oxygens (including phenoxy) is 1. The van der Waals surface area contributed by atoms with Crippen LogP contribution in [0.5, 0.6) is 5.75 Å². The molecule has 0 fully saturated rings. The lowest BCUT2D eigenvalue weighted by Crippen LogP contribution is -2.18. The highest BCUT2D eigenvalue weighted by molar-refractivity contribution is 7.91. The molecule has 0 spiro atoms. The monoisotopic (exact) mass is 488 g/mol. The third kappa shape index (κ3) is 7.86. The van der Waals surface area contributed by atoms with Gasteiger partial charge in [-0.2, -0.15) is 0 Å². The molecule has 1 aromatic rings. The van der Waals surface area contributed by atoms with Crippen LogP contribution in [0.4, 0.5) is 0 Å². The Kier molecular flexibility index (Phi) is 10.2. The number of allylic oxidation sites excluding steroid dienone is 5. The smallest absolute Gasteiger partial charge is 0.328 e. The van der Waals surface area contributed by atoms with Crippen molar-refractivity contribution in [3.63, 3.8) is 0 Å². The number of rotatable bonds is 11. The SMILES string of the molecule is CCCCCCCOc1cc2c(cc1\C(C)=C/C=C/C(C)=C/C(=O)O)C(C)(C)CCCS2(=O)=O. The van der Waals surface area contributed by atoms with E-state index in [9.17, 15) is 13.2 Å². The first-order valence-corrected chi connectivity index (χ1v) is 13.9. The van der Waals surface area contributed by atoms with Gasteiger partial charge in [-0.05, 0) is 67.4 Å². The van der Waals surface area contributed by atoms with Crippen LogP contribution in [-0.4, -0.2) is 31.9 Å². The quantitative estimate of drug-likeness (QED) is 0.209. The van der Waals surface area contributed by atoms with E-state index in [0.717, 1.165) is 42.0 Å². The van der Waals surface area contributed by atoms with Gasteiger partial charge in [0.2, 0.25) is 0 Å². The van der Waals surface area contributed by atoms with Crippen molar-refractivity contribution >= 4 is 21.4 Å². The molecule has 6 heteroatoms. The number of carbonyl (C=O) groups is 1. The van der Waals surface area contributed by atoms with Crippen LogP contribution >= 0.6 is 0 Å². The van der Waals surface area contributed by atoms with Crippen LogP contribution in [0.15, 0.2) is 46.9 Å². The van der Waals surface area contributed by atoms with E-state index in [4.69, 9.17) is 9.84 Å². The largest absolute Gasteiger partial charge is 0.493 e. The molecule has 0 aromatic heterocycles. The number of carboxylic acid groups (broad SMARTS) is 1. The number of unbranched alkanes of at least 4 members (excludes halogenated alkanes) is 4. The van der Waals surface area contributed by atoms with Crippen molar-refractivity contribution in [1.29, 1.82) is 0 Å². The van der Waals surface area contributed by atoms with Crippen molar-refractivity contribution < 1.29 is 23.1 Å². The minimum Gasteiger partial charge on any atom is -0.493 e. The molecule has 34 heavy (non-hydrogen) atoms. The molecule has 188 valence electrons. The fraction of sp³-hybridized carbons (Fsp3) is 0.536. The Morgan fingerprint density at radius 2 is 1.85 bits per heavy atom. The second-order valence-electron chi connectivity index (χ2n) is 9.85. The van der Waals surface area contributed by atoms with Gasteiger partial charge in [-0.1, -0.05) is 64.7 Å². The third-order valence-electron chi connectivity index (χ3n) is 6.35. The highest BCUT2D eigenvalue weighted by Crippen LogP contribution is 2.42. The maximum atomic E-state index is 13.1. The van der Waals surface area contributed by atoms with E-state index in [0.29, 0.717) is 29.2 Å². The van der Waals surface area contributed by atoms with E-state index >= 15 is 0 Å². The number of fused-ring (bicyclic) bond motifs is 1. The zero-order valence-corrected chi connectivity index (χ0v) is 22.1. The van der Waals surface area contributed by atoms with Gasteiger partial charge < -0.3 is 9.84 Å². The van der Waals surface area contributed by atoms with Gasteiger partial charge in [0.25, 0.3) is 0 Å². The standard InChI is InChI=1S/C28H40O5S/c1-6-7-8-9-10-16-33-25-20-26-24(28(4,5)15-12-17-34(26,31)32)19-23(25)22(3)14-11-13-21(2)18-27(29)30/h11,13-14,18-20H,6-10,12,15-17H2,1-5H3,(H,29,30)/b13-11+,21-18+,22-14-. The van der Waals surface area contributed by atoms with Crippen molar-refractivity contribution in [3.05, 3.63) is 53.1 Å². The predicted molar refractivity (Wildman–Crippen MR) is 139 cm³/mol. The summed E-state index contributed by atoms with van der Waals surface area (Å²) in [4.78, 5) is 11.2. The van der Waals surface area contributed by atoms with Crippen molar-refractivity contribution in [2.24, 2.45) is 0 Å². The van der Waals surface area contributed by atoms with Gasteiger partial charge in [0.05, 0.1) is 17.3 Å². The lowest BCUT2D eigenvalue weighted by molar-refractivity contribution is -0.131. The molecule has 0 aliphatic carbocycles. The maximum absolute atomic E-state index is 13.1. The van der Waals surface area contributed by atoms with Crippen LogP contribution in [0.1, 0.15) is 90.7 Å². The fourth-order valence-corrected chi connectivity index (χ4v) is 5.99. The summed E-state index contributed by atoms with van der Waals surface area (Å²) in [6, 6.07) is 3.72. The molecular weight excluding hydrogens is 448 g/mol. The molecule has 1 heterocycles. The molecule has 1 N–H and O–H groups in total. The van der Waals surface area contributed by atoms with Crippen molar-refractivity contribution in [1.82, 2.24) is 0 Å². The van der Waals surface area contributed by atoms with Gasteiger partial charge in [-0.15, -0.1) is 0 Å². The summed E-state index contributed by atoms with van der Waals surface area (Å²) in [5.41, 5.74) is 3.02. The van der Waals surface area contributed by atoms with Gasteiger partial charge in [-0.3, -0.25) is 0 Å². The second-order valence-corrected chi connectivity index (χ2v) is 11.9. The first-order valence-electron chi connectivity index (χ1n) is 12.3. The highest BCUT2D eigenvalue weighted by atomic mass is 32.2. The van der Waals surface area contributed by atoms with Crippen LogP contribution in [0, 0.1) is 0 Å². The Bertz CT molecular complexity index is 1060. The predicted octanol–water partition coefficient (Wildman–Crippen LogP) is 6.87. The van der Waals surface area contributed by atoms with E-state index in [-0.39, 0.29) is 11.2 Å². The zero-order chi connectivity index (χ0) is 25.4. The van der Waals surface area contributed by atoms with Crippen LogP contribution < -0.4 is 4.74 Å². The van der Waals surface area contributed by atoms with Gasteiger partial charge in [0.1, 0.15) is 5.75 Å². The molecule has 0 amide bonds. The lowest BCUT2D eigenvalue weighted by atomic mass is 9.79. The van der Waals surface area contributed by atoms with E-state index in [1.165, 1.54) is 19.3 Å². The molecule has 0 saturated heterocycles. The number of carboxylic acids is 1. The van der Waals surface area contributed by atoms with Crippen LogP contribution in [0.3, 0.4) is 0 Å². The summed E-state index contributed by atoms with van der Waals surface area (Å²) in [6.07, 6.45) is 13.6. The van der Waals surface area contributed by atoms with Gasteiger partial charge in [-0.25, -0.2) is 13.2 Å². The van der Waals surface area contributed by atoms with Gasteiger partial charge in [0, 0.05) is 11.6 Å². The number of aliphatic carboxylic acids is 1. The van der Waals surface area contributed by atoms with Crippen molar-refractivity contribution in [2.45, 2.75) is 89.9 Å². The summed E-state index contributed by atoms with van der Waals surface area (Å²) < 4.78 is 32.3. The molecule has 0 bridgehead atoms. The summed E-state index contributed by atoms with van der Waals surface area (Å²) in [5, 5.41) is 8.89. The van der Waals surface area contributed by atoms with Gasteiger partial charge >= 0.3 is 5.97 Å². The molecule has 0 unspecified atom stereocenters. The highest BCUT2D eigenvalue weighted by Gasteiger charge is 2.34. The van der Waals surface area contributed by atoms with E-state index < -0.39 is 15.8 Å². The summed E-state index contributed by atoms with van der Waals surface area (Å²) >= 11 is 0. The van der Waals surface area contributed by atoms with Crippen LogP contribution in [-0.2, 0) is 20.0 Å². The molecule has 1 aromatic carbocycles. The van der Waals surface area contributed by atoms with Crippen LogP contribution in [0.2, 0.25) is 0 Å². The summed E-state index contributed by atoms with van der Waals surface area (Å²) in [7, 11) is -3.37. The fourth-order valence-electron chi connectivity index (χ4n) is 4.29. The first kappa shape index (κ1) is 27.9. The number of sulfone groups is 1. The second kappa shape index (κ2) is 12.4. The minimum absolute atomic E-state index is 0.159. The average molecular weight is 489 g/mol. The molecule has 0 atom stereocenters. The zero-order valence-electron chi connectivity index (χ0n) is 21.3. The van der Waals surface area contributed by atoms with Gasteiger partial charge in [0.15, 0.2) is 9.84 Å². The maximum Gasteiger partial charge on any atom is 0.328 e. The molecule has 1 aliphatic heterocycles. The van der Waals surface area contributed by atoms with E-state index in [1.54, 1.807) is 19.1 Å². The summed E-state index contributed by atoms with van der Waals surface area (Å²) in [6.45, 7) is 10.6. The number of benzene rings is 1. The summed E-state index contributed by atoms with van der Waals surface area (Å²) in [5.74, 6) is -0.228. The normalized spacial score (nSPS) is 17.9. The molecule has 1 aliphatic rings. The van der Waals surface area contributed by atoms with Crippen molar-refractivity contribution in [3.8, 4) is 5.75 Å². The number of hydrogen-bond donors (Lipinski definition) is 1. The lowest BCUT2D eigenvalue weighted by Gasteiger charge is -2.26. The Balaban J connectivity index is 2.47. The molecular formula is C28H40O5S. The minimum atomic E-state index is -3.37. The molecule has 5 nitrogen and oxygen atoms in total.